The number of carbonyl (C=O) groups is 1. The van der Waals surface area contributed by atoms with Crippen molar-refractivity contribution in [3.63, 3.8) is 0 Å². The van der Waals surface area contributed by atoms with Crippen LogP contribution in [-0.2, 0) is 32.1 Å². The van der Waals surface area contributed by atoms with Crippen LogP contribution in [0, 0.1) is 0 Å². The summed E-state index contributed by atoms with van der Waals surface area (Å²) in [6.07, 6.45) is -1.29. The van der Waals surface area contributed by atoms with Gasteiger partial charge < -0.3 is 15.1 Å². The number of benzene rings is 1. The summed E-state index contributed by atoms with van der Waals surface area (Å²) in [5, 5.41) is 8.03. The van der Waals surface area contributed by atoms with Crippen molar-refractivity contribution in [2.24, 2.45) is 0 Å². The SMILES string of the molecule is CCCn1nc(C(=O)N2CCN(C)CC2)c2c1CCC(NCc1ccccc1C(F)(F)F)C2. The molecule has 1 aliphatic heterocycles. The zero-order chi connectivity index (χ0) is 23.6. The first-order valence-corrected chi connectivity index (χ1v) is 11.7. The van der Waals surface area contributed by atoms with Gasteiger partial charge in [0.25, 0.3) is 5.91 Å². The molecule has 6 nitrogen and oxygen atoms in total. The number of alkyl halides is 3. The average molecular weight is 464 g/mol. The molecule has 1 N–H and O–H groups in total. The van der Waals surface area contributed by atoms with Crippen molar-refractivity contribution in [3.8, 4) is 0 Å². The first-order chi connectivity index (χ1) is 15.8. The van der Waals surface area contributed by atoms with Gasteiger partial charge in [0.1, 0.15) is 0 Å². The lowest BCUT2D eigenvalue weighted by molar-refractivity contribution is -0.138. The van der Waals surface area contributed by atoms with E-state index >= 15 is 0 Å². The van der Waals surface area contributed by atoms with Crippen LogP contribution in [0.25, 0.3) is 0 Å². The highest BCUT2D eigenvalue weighted by Gasteiger charge is 2.34. The monoisotopic (exact) mass is 463 g/mol. The summed E-state index contributed by atoms with van der Waals surface area (Å²) in [6, 6.07) is 5.69. The van der Waals surface area contributed by atoms with E-state index in [-0.39, 0.29) is 24.1 Å². The Morgan fingerprint density at radius 1 is 1.18 bits per heavy atom. The molecule has 180 valence electrons. The van der Waals surface area contributed by atoms with E-state index in [0.29, 0.717) is 25.2 Å². The summed E-state index contributed by atoms with van der Waals surface area (Å²) in [4.78, 5) is 17.4. The number of halogens is 3. The number of nitrogens with zero attached hydrogens (tertiary/aromatic N) is 4. The lowest BCUT2D eigenvalue weighted by Gasteiger charge is -2.32. The van der Waals surface area contributed by atoms with Crippen LogP contribution in [0.1, 0.15) is 52.6 Å². The molecular weight excluding hydrogens is 431 g/mol. The minimum atomic E-state index is -4.37. The van der Waals surface area contributed by atoms with E-state index in [1.165, 1.54) is 12.1 Å². The molecule has 2 aliphatic rings. The molecule has 1 aromatic heterocycles. The standard InChI is InChI=1S/C24H32F3N5O/c1-3-10-32-21-9-8-18(28-16-17-6-4-5-7-20(17)24(25,26)27)15-19(21)22(29-32)23(33)31-13-11-30(2)12-14-31/h4-7,18,28H,3,8-16H2,1-2H3. The predicted molar refractivity (Wildman–Crippen MR) is 120 cm³/mol. The van der Waals surface area contributed by atoms with E-state index in [1.54, 1.807) is 6.07 Å². The lowest BCUT2D eigenvalue weighted by Crippen LogP contribution is -2.47. The highest BCUT2D eigenvalue weighted by molar-refractivity contribution is 5.94. The third-order valence-electron chi connectivity index (χ3n) is 6.68. The number of nitrogens with one attached hydrogen (secondary N) is 1. The first kappa shape index (κ1) is 23.8. The second-order valence-corrected chi connectivity index (χ2v) is 9.07. The Balaban J connectivity index is 1.51. The van der Waals surface area contributed by atoms with Gasteiger partial charge in [-0.05, 0) is 44.4 Å². The molecule has 4 rings (SSSR count). The summed E-state index contributed by atoms with van der Waals surface area (Å²) in [7, 11) is 2.05. The van der Waals surface area contributed by atoms with Crippen molar-refractivity contribution in [3.05, 3.63) is 52.3 Å². The van der Waals surface area contributed by atoms with Gasteiger partial charge in [0.2, 0.25) is 0 Å². The number of hydrogen-bond acceptors (Lipinski definition) is 4. The first-order valence-electron chi connectivity index (χ1n) is 11.7. The largest absolute Gasteiger partial charge is 0.416 e. The van der Waals surface area contributed by atoms with Gasteiger partial charge in [0.05, 0.1) is 5.56 Å². The lowest BCUT2D eigenvalue weighted by atomic mass is 9.90. The molecule has 9 heteroatoms. The highest BCUT2D eigenvalue weighted by Crippen LogP contribution is 2.32. The van der Waals surface area contributed by atoms with Crippen LogP contribution < -0.4 is 5.32 Å². The topological polar surface area (TPSA) is 53.4 Å². The van der Waals surface area contributed by atoms with Crippen LogP contribution in [0.3, 0.4) is 0 Å². The van der Waals surface area contributed by atoms with Gasteiger partial charge >= 0.3 is 6.18 Å². The predicted octanol–water partition coefficient (Wildman–Crippen LogP) is 3.35. The molecule has 33 heavy (non-hydrogen) atoms. The molecule has 1 aromatic carbocycles. The summed E-state index contributed by atoms with van der Waals surface area (Å²) in [5.41, 5.74) is 2.22. The van der Waals surface area contributed by atoms with Gasteiger partial charge in [-0.15, -0.1) is 0 Å². The molecule has 1 unspecified atom stereocenters. The maximum Gasteiger partial charge on any atom is 0.416 e. The van der Waals surface area contributed by atoms with Crippen LogP contribution in [0.5, 0.6) is 0 Å². The Morgan fingerprint density at radius 3 is 2.61 bits per heavy atom. The van der Waals surface area contributed by atoms with E-state index in [9.17, 15) is 18.0 Å². The Bertz CT molecular complexity index is 979. The fraction of sp³-hybridized carbons (Fsp3) is 0.583. The van der Waals surface area contributed by atoms with Crippen molar-refractivity contribution in [2.45, 2.75) is 57.9 Å². The van der Waals surface area contributed by atoms with E-state index < -0.39 is 11.7 Å². The minimum Gasteiger partial charge on any atom is -0.335 e. The molecule has 1 aliphatic carbocycles. The van der Waals surface area contributed by atoms with Crippen molar-refractivity contribution in [2.75, 3.05) is 33.2 Å². The average Bonchev–Trinajstić information content (AvgIpc) is 3.15. The van der Waals surface area contributed by atoms with Crippen molar-refractivity contribution in [1.82, 2.24) is 24.9 Å². The van der Waals surface area contributed by atoms with Crippen molar-refractivity contribution >= 4 is 5.91 Å². The van der Waals surface area contributed by atoms with Crippen LogP contribution in [0.4, 0.5) is 13.2 Å². The summed E-state index contributed by atoms with van der Waals surface area (Å²) in [6.45, 7) is 6.03. The highest BCUT2D eigenvalue weighted by atomic mass is 19.4. The fourth-order valence-corrected chi connectivity index (χ4v) is 4.80. The van der Waals surface area contributed by atoms with Crippen molar-refractivity contribution < 1.29 is 18.0 Å². The Labute approximate surface area is 192 Å². The van der Waals surface area contributed by atoms with Crippen molar-refractivity contribution in [1.29, 1.82) is 0 Å². The minimum absolute atomic E-state index is 0.00268. The molecule has 0 bridgehead atoms. The number of fused-ring (bicyclic) bond motifs is 1. The maximum absolute atomic E-state index is 13.3. The van der Waals surface area contributed by atoms with Crippen LogP contribution in [0.2, 0.25) is 0 Å². The van der Waals surface area contributed by atoms with E-state index in [1.807, 2.05) is 16.6 Å². The zero-order valence-corrected chi connectivity index (χ0v) is 19.3. The zero-order valence-electron chi connectivity index (χ0n) is 19.3. The van der Waals surface area contributed by atoms with Crippen LogP contribution in [-0.4, -0.2) is 64.8 Å². The van der Waals surface area contributed by atoms with Gasteiger partial charge in [-0.25, -0.2) is 0 Å². The molecule has 0 spiro atoms. The summed E-state index contributed by atoms with van der Waals surface area (Å²) >= 11 is 0. The van der Waals surface area contributed by atoms with E-state index in [2.05, 4.69) is 17.1 Å². The molecule has 1 saturated heterocycles. The number of aryl methyl sites for hydroxylation is 1. The van der Waals surface area contributed by atoms with E-state index in [4.69, 9.17) is 5.10 Å². The maximum atomic E-state index is 13.3. The van der Waals surface area contributed by atoms with Gasteiger partial charge in [-0.1, -0.05) is 25.1 Å². The number of amides is 1. The number of piperazine rings is 1. The molecule has 0 saturated carbocycles. The number of rotatable bonds is 6. The molecule has 1 atom stereocenters. The summed E-state index contributed by atoms with van der Waals surface area (Å²) < 4.78 is 42.0. The number of carbonyl (C=O) groups excluding carboxylic acids is 1. The van der Waals surface area contributed by atoms with Gasteiger partial charge in [0.15, 0.2) is 5.69 Å². The molecule has 1 amide bonds. The molecular formula is C24H32F3N5O. The second-order valence-electron chi connectivity index (χ2n) is 9.07. The number of hydrogen-bond donors (Lipinski definition) is 1. The third kappa shape index (κ3) is 5.24. The Morgan fingerprint density at radius 2 is 1.91 bits per heavy atom. The van der Waals surface area contributed by atoms with Gasteiger partial charge in [0, 0.05) is 56.6 Å². The fourth-order valence-electron chi connectivity index (χ4n) is 4.80. The summed E-state index contributed by atoms with van der Waals surface area (Å²) in [5.74, 6) is -0.0303. The molecule has 0 radical (unpaired) electrons. The molecule has 2 aromatic rings. The Kier molecular flexibility index (Phi) is 7.09. The van der Waals surface area contributed by atoms with Gasteiger partial charge in [-0.2, -0.15) is 18.3 Å². The number of aromatic nitrogens is 2. The van der Waals surface area contributed by atoms with Crippen LogP contribution >= 0.6 is 0 Å². The molecule has 1 fully saturated rings. The smallest absolute Gasteiger partial charge is 0.335 e. The Hall–Kier alpha value is -2.39. The second kappa shape index (κ2) is 9.85. The van der Waals surface area contributed by atoms with Crippen LogP contribution in [0.15, 0.2) is 24.3 Å². The van der Waals surface area contributed by atoms with E-state index in [0.717, 1.165) is 56.2 Å². The molecule has 2 heterocycles. The third-order valence-corrected chi connectivity index (χ3v) is 6.68. The number of likely N-dealkylation sites (N-methyl/N-ethyl adjacent to an activating group) is 1. The quantitative estimate of drug-likeness (QED) is 0.714. The normalized spacial score (nSPS) is 19.5. The van der Waals surface area contributed by atoms with Gasteiger partial charge in [-0.3, -0.25) is 9.48 Å².